The number of nitrogen functional groups attached to an aromatic ring is 1. The van der Waals surface area contributed by atoms with Crippen molar-refractivity contribution in [2.75, 3.05) is 24.7 Å². The van der Waals surface area contributed by atoms with Crippen LogP contribution in [0, 0.1) is 6.92 Å². The van der Waals surface area contributed by atoms with Gasteiger partial charge < -0.3 is 10.6 Å². The fourth-order valence-electron chi connectivity index (χ4n) is 1.88. The van der Waals surface area contributed by atoms with Crippen LogP contribution in [-0.2, 0) is 0 Å². The first kappa shape index (κ1) is 11.5. The summed E-state index contributed by atoms with van der Waals surface area (Å²) in [6.07, 6.45) is 0. The predicted octanol–water partition coefficient (Wildman–Crippen LogP) is 3.31. The van der Waals surface area contributed by atoms with E-state index in [0.717, 1.165) is 16.8 Å². The molecule has 0 aliphatic rings. The van der Waals surface area contributed by atoms with Crippen LogP contribution in [-0.4, -0.2) is 14.1 Å². The molecule has 2 rings (SSSR count). The molecule has 0 aliphatic heterocycles. The van der Waals surface area contributed by atoms with Crippen molar-refractivity contribution >= 4 is 11.4 Å². The first-order valence-corrected chi connectivity index (χ1v) is 5.72. The minimum absolute atomic E-state index is 0.836. The van der Waals surface area contributed by atoms with Crippen molar-refractivity contribution in [2.45, 2.75) is 6.92 Å². The van der Waals surface area contributed by atoms with Crippen LogP contribution in [0.25, 0.3) is 11.1 Å². The first-order chi connectivity index (χ1) is 8.08. The molecule has 0 saturated heterocycles. The molecule has 0 heterocycles. The summed E-state index contributed by atoms with van der Waals surface area (Å²) in [5.74, 6) is 0. The average molecular weight is 226 g/mol. The summed E-state index contributed by atoms with van der Waals surface area (Å²) in [6.45, 7) is 2.05. The van der Waals surface area contributed by atoms with Crippen LogP contribution < -0.4 is 10.6 Å². The van der Waals surface area contributed by atoms with Crippen molar-refractivity contribution < 1.29 is 0 Å². The summed E-state index contributed by atoms with van der Waals surface area (Å²) < 4.78 is 0. The van der Waals surface area contributed by atoms with Crippen molar-refractivity contribution in [3.63, 3.8) is 0 Å². The number of nitrogens with two attached hydrogens (primary N) is 1. The van der Waals surface area contributed by atoms with E-state index in [1.165, 1.54) is 11.3 Å². The number of aryl methyl sites for hydroxylation is 1. The molecule has 2 N–H and O–H groups in total. The minimum atomic E-state index is 0.836. The van der Waals surface area contributed by atoms with Gasteiger partial charge in [0.15, 0.2) is 0 Å². The normalized spacial score (nSPS) is 10.3. The molecule has 0 aliphatic carbocycles. The smallest absolute Gasteiger partial charge is 0.0396 e. The molecule has 0 bridgehead atoms. The molecule has 0 unspecified atom stereocenters. The summed E-state index contributed by atoms with van der Waals surface area (Å²) in [7, 11) is 4.07. The van der Waals surface area contributed by atoms with Crippen molar-refractivity contribution in [3.05, 3.63) is 48.0 Å². The zero-order chi connectivity index (χ0) is 12.4. The maximum Gasteiger partial charge on any atom is 0.0396 e. The molecule has 0 fully saturated rings. The molecule has 0 radical (unpaired) electrons. The summed E-state index contributed by atoms with van der Waals surface area (Å²) >= 11 is 0. The van der Waals surface area contributed by atoms with Crippen LogP contribution in [0.3, 0.4) is 0 Å². The van der Waals surface area contributed by atoms with E-state index in [4.69, 9.17) is 5.73 Å². The molecule has 17 heavy (non-hydrogen) atoms. The fraction of sp³-hybridized carbons (Fsp3) is 0.200. The lowest BCUT2D eigenvalue weighted by Crippen LogP contribution is -2.07. The van der Waals surface area contributed by atoms with Crippen molar-refractivity contribution in [2.24, 2.45) is 0 Å². The van der Waals surface area contributed by atoms with Crippen LogP contribution in [0.15, 0.2) is 42.5 Å². The Morgan fingerprint density at radius 2 is 1.59 bits per heavy atom. The fourth-order valence-corrected chi connectivity index (χ4v) is 1.88. The summed E-state index contributed by atoms with van der Waals surface area (Å²) in [5, 5.41) is 0. The van der Waals surface area contributed by atoms with Gasteiger partial charge in [0.2, 0.25) is 0 Å². The van der Waals surface area contributed by atoms with E-state index < -0.39 is 0 Å². The maximum absolute atomic E-state index is 6.04. The predicted molar refractivity (Wildman–Crippen MR) is 75.4 cm³/mol. The Bertz CT molecular complexity index is 513. The Morgan fingerprint density at radius 1 is 0.941 bits per heavy atom. The van der Waals surface area contributed by atoms with Crippen molar-refractivity contribution in [1.29, 1.82) is 0 Å². The molecule has 0 aromatic heterocycles. The zero-order valence-electron chi connectivity index (χ0n) is 10.6. The lowest BCUT2D eigenvalue weighted by Gasteiger charge is -2.13. The molecule has 2 heteroatoms. The first-order valence-electron chi connectivity index (χ1n) is 5.72. The molecule has 2 aromatic carbocycles. The number of benzene rings is 2. The van der Waals surface area contributed by atoms with Crippen molar-refractivity contribution in [1.82, 2.24) is 0 Å². The molecule has 0 atom stereocenters. The third-order valence-corrected chi connectivity index (χ3v) is 2.90. The molecule has 88 valence electrons. The van der Waals surface area contributed by atoms with E-state index in [0.29, 0.717) is 0 Å². The highest BCUT2D eigenvalue weighted by Crippen LogP contribution is 2.28. The van der Waals surface area contributed by atoms with E-state index in [1.807, 2.05) is 20.2 Å². The van der Waals surface area contributed by atoms with E-state index in [1.54, 1.807) is 0 Å². The second kappa shape index (κ2) is 4.50. The van der Waals surface area contributed by atoms with Crippen LogP contribution in [0.4, 0.5) is 11.4 Å². The van der Waals surface area contributed by atoms with Crippen LogP contribution >= 0.6 is 0 Å². The number of hydrogen-bond acceptors (Lipinski definition) is 2. The van der Waals surface area contributed by atoms with Gasteiger partial charge in [-0.25, -0.2) is 0 Å². The van der Waals surface area contributed by atoms with E-state index in [9.17, 15) is 0 Å². The lowest BCUT2D eigenvalue weighted by atomic mass is 10.0. The number of anilines is 2. The second-order valence-corrected chi connectivity index (χ2v) is 4.53. The standard InChI is InChI=1S/C15H18N2/c1-11-4-9-14(15(16)10-11)12-5-7-13(8-6-12)17(2)3/h4-10H,16H2,1-3H3. The number of rotatable bonds is 2. The van der Waals surface area contributed by atoms with E-state index in [-0.39, 0.29) is 0 Å². The third-order valence-electron chi connectivity index (χ3n) is 2.90. The lowest BCUT2D eigenvalue weighted by molar-refractivity contribution is 1.13. The molecular weight excluding hydrogens is 208 g/mol. The number of nitrogens with zero attached hydrogens (tertiary/aromatic N) is 1. The summed E-state index contributed by atoms with van der Waals surface area (Å²) in [5.41, 5.74) is 11.5. The van der Waals surface area contributed by atoms with Crippen LogP contribution in [0.1, 0.15) is 5.56 Å². The van der Waals surface area contributed by atoms with Gasteiger partial charge in [-0.15, -0.1) is 0 Å². The SMILES string of the molecule is Cc1ccc(-c2ccc(N(C)C)cc2)c(N)c1. The summed E-state index contributed by atoms with van der Waals surface area (Å²) in [6, 6.07) is 14.6. The van der Waals surface area contributed by atoms with Gasteiger partial charge in [0.25, 0.3) is 0 Å². The Hall–Kier alpha value is -1.96. The van der Waals surface area contributed by atoms with E-state index >= 15 is 0 Å². The molecular formula is C15H18N2. The van der Waals surface area contributed by atoms with Gasteiger partial charge in [0, 0.05) is 31.0 Å². The largest absolute Gasteiger partial charge is 0.398 e. The van der Waals surface area contributed by atoms with Gasteiger partial charge in [-0.3, -0.25) is 0 Å². The third kappa shape index (κ3) is 2.41. The topological polar surface area (TPSA) is 29.3 Å². The quantitative estimate of drug-likeness (QED) is 0.796. The minimum Gasteiger partial charge on any atom is -0.398 e. The highest BCUT2D eigenvalue weighted by atomic mass is 15.1. The van der Waals surface area contributed by atoms with Crippen LogP contribution in [0.2, 0.25) is 0 Å². The average Bonchev–Trinajstić information content (AvgIpc) is 2.29. The Balaban J connectivity index is 2.40. The second-order valence-electron chi connectivity index (χ2n) is 4.53. The van der Waals surface area contributed by atoms with Gasteiger partial charge in [-0.05, 0) is 36.2 Å². The molecule has 2 nitrogen and oxygen atoms in total. The zero-order valence-corrected chi connectivity index (χ0v) is 10.6. The van der Waals surface area contributed by atoms with Gasteiger partial charge >= 0.3 is 0 Å². The Labute approximate surface area is 103 Å². The molecule has 2 aromatic rings. The molecule has 0 amide bonds. The summed E-state index contributed by atoms with van der Waals surface area (Å²) in [4.78, 5) is 2.09. The molecule has 0 saturated carbocycles. The number of hydrogen-bond donors (Lipinski definition) is 1. The van der Waals surface area contributed by atoms with Gasteiger partial charge in [0.05, 0.1) is 0 Å². The maximum atomic E-state index is 6.04. The Morgan fingerprint density at radius 3 is 2.12 bits per heavy atom. The Kier molecular flexibility index (Phi) is 3.05. The van der Waals surface area contributed by atoms with Gasteiger partial charge in [-0.1, -0.05) is 24.3 Å². The van der Waals surface area contributed by atoms with Crippen LogP contribution in [0.5, 0.6) is 0 Å². The van der Waals surface area contributed by atoms with Gasteiger partial charge in [-0.2, -0.15) is 0 Å². The highest BCUT2D eigenvalue weighted by Gasteiger charge is 2.03. The monoisotopic (exact) mass is 226 g/mol. The molecule has 0 spiro atoms. The van der Waals surface area contributed by atoms with Crippen molar-refractivity contribution in [3.8, 4) is 11.1 Å². The van der Waals surface area contributed by atoms with Gasteiger partial charge in [0.1, 0.15) is 0 Å². The highest BCUT2D eigenvalue weighted by molar-refractivity contribution is 5.77. The van der Waals surface area contributed by atoms with E-state index in [2.05, 4.69) is 48.2 Å².